The highest BCUT2D eigenvalue weighted by Crippen LogP contribution is 2.34. The van der Waals surface area contributed by atoms with Gasteiger partial charge >= 0.3 is 6.18 Å². The molecule has 0 saturated heterocycles. The molecule has 0 unspecified atom stereocenters. The first-order valence-corrected chi connectivity index (χ1v) is 10.4. The fraction of sp³-hybridized carbons (Fsp3) is 0.235. The maximum Gasteiger partial charge on any atom is 0.416 e. The molecule has 144 valence electrons. The molecule has 0 fully saturated rings. The summed E-state index contributed by atoms with van der Waals surface area (Å²) in [6.45, 7) is 0.412. The third-order valence-corrected chi connectivity index (χ3v) is 6.16. The Hall–Kier alpha value is -2.33. The summed E-state index contributed by atoms with van der Waals surface area (Å²) in [6, 6.07) is 10.4. The Bertz CT molecular complexity index is 1060. The van der Waals surface area contributed by atoms with Gasteiger partial charge in [-0.05, 0) is 35.9 Å². The van der Waals surface area contributed by atoms with Crippen molar-refractivity contribution in [1.82, 2.24) is 4.98 Å². The second kappa shape index (κ2) is 7.01. The first kappa shape index (κ1) is 19.4. The number of hydrogen-bond donors (Lipinski definition) is 1. The summed E-state index contributed by atoms with van der Waals surface area (Å²) in [4.78, 5) is 4.20. The van der Waals surface area contributed by atoms with E-state index in [4.69, 9.17) is 0 Å². The second-order valence-electron chi connectivity index (χ2n) is 5.95. The molecule has 1 N–H and O–H groups in total. The molecular formula is C17H16F3N3O2S2. The topological polar surface area (TPSA) is 62.3 Å². The molecule has 3 rings (SSSR count). The number of fused-ring (bicyclic) bond motifs is 1. The third-order valence-electron chi connectivity index (χ3n) is 3.96. The van der Waals surface area contributed by atoms with Crippen LogP contribution < -0.4 is 9.62 Å². The van der Waals surface area contributed by atoms with Crippen molar-refractivity contribution in [3.05, 3.63) is 53.6 Å². The average Bonchev–Trinajstić information content (AvgIpc) is 3.00. The van der Waals surface area contributed by atoms with Gasteiger partial charge in [0, 0.05) is 13.6 Å². The van der Waals surface area contributed by atoms with Crippen LogP contribution in [0.5, 0.6) is 0 Å². The molecule has 0 aliphatic heterocycles. The summed E-state index contributed by atoms with van der Waals surface area (Å²) in [5.41, 5.74) is 0.997. The van der Waals surface area contributed by atoms with Crippen molar-refractivity contribution < 1.29 is 21.6 Å². The lowest BCUT2D eigenvalue weighted by Gasteiger charge is -2.16. The number of nitrogens with one attached hydrogen (secondary N) is 1. The molecule has 0 aliphatic rings. The molecule has 1 heterocycles. The summed E-state index contributed by atoms with van der Waals surface area (Å²) < 4.78 is 63.2. The summed E-state index contributed by atoms with van der Waals surface area (Å²) in [6.07, 6.45) is -3.27. The van der Waals surface area contributed by atoms with Crippen molar-refractivity contribution in [3.8, 4) is 0 Å². The molecule has 0 spiro atoms. The molecular weight excluding hydrogens is 399 g/mol. The van der Waals surface area contributed by atoms with Gasteiger partial charge in [-0.1, -0.05) is 23.5 Å². The lowest BCUT2D eigenvalue weighted by molar-refractivity contribution is -0.137. The Labute approximate surface area is 158 Å². The number of nitrogens with zero attached hydrogens (tertiary/aromatic N) is 2. The molecule has 2 aromatic carbocycles. The van der Waals surface area contributed by atoms with Gasteiger partial charge in [0.1, 0.15) is 0 Å². The average molecular weight is 415 g/mol. The van der Waals surface area contributed by atoms with Crippen LogP contribution in [0.1, 0.15) is 11.1 Å². The largest absolute Gasteiger partial charge is 0.416 e. The van der Waals surface area contributed by atoms with E-state index in [1.54, 1.807) is 24.3 Å². The van der Waals surface area contributed by atoms with Crippen LogP contribution in [0.25, 0.3) is 10.2 Å². The first-order chi connectivity index (χ1) is 12.5. The molecule has 3 aromatic rings. The maximum absolute atomic E-state index is 12.8. The van der Waals surface area contributed by atoms with E-state index in [1.807, 2.05) is 0 Å². The molecule has 27 heavy (non-hydrogen) atoms. The van der Waals surface area contributed by atoms with Gasteiger partial charge in [-0.3, -0.25) is 4.31 Å². The van der Waals surface area contributed by atoms with E-state index in [1.165, 1.54) is 28.8 Å². The number of halogens is 3. The van der Waals surface area contributed by atoms with Crippen molar-refractivity contribution in [2.45, 2.75) is 12.7 Å². The lowest BCUT2D eigenvalue weighted by atomic mass is 10.2. The SMILES string of the molecule is CN(c1ccc(CNc2nc3cc(C(F)(F)F)ccc3s2)cc1)S(C)(=O)=O. The van der Waals surface area contributed by atoms with Crippen molar-refractivity contribution in [2.24, 2.45) is 0 Å². The van der Waals surface area contributed by atoms with Crippen molar-refractivity contribution >= 4 is 42.4 Å². The number of aromatic nitrogens is 1. The van der Waals surface area contributed by atoms with Gasteiger partial charge in [0.15, 0.2) is 5.13 Å². The highest BCUT2D eigenvalue weighted by Gasteiger charge is 2.30. The Morgan fingerprint density at radius 2 is 1.81 bits per heavy atom. The minimum Gasteiger partial charge on any atom is -0.357 e. The zero-order chi connectivity index (χ0) is 19.8. The number of sulfonamides is 1. The normalized spacial score (nSPS) is 12.3. The van der Waals surface area contributed by atoms with E-state index >= 15 is 0 Å². The van der Waals surface area contributed by atoms with E-state index in [0.717, 1.165) is 24.0 Å². The van der Waals surface area contributed by atoms with E-state index < -0.39 is 21.8 Å². The highest BCUT2D eigenvalue weighted by molar-refractivity contribution is 7.92. The standard InChI is InChI=1S/C17H16F3N3O2S2/c1-23(27(2,24)25)13-6-3-11(4-7-13)10-21-16-22-14-9-12(17(18,19)20)5-8-15(14)26-16/h3-9H,10H2,1-2H3,(H,21,22). The van der Waals surface area contributed by atoms with Crippen LogP contribution >= 0.6 is 11.3 Å². The van der Waals surface area contributed by atoms with Gasteiger partial charge < -0.3 is 5.32 Å². The predicted molar refractivity (Wildman–Crippen MR) is 102 cm³/mol. The predicted octanol–water partition coefficient (Wildman–Crippen LogP) is 4.32. The van der Waals surface area contributed by atoms with Crippen molar-refractivity contribution in [3.63, 3.8) is 0 Å². The number of benzene rings is 2. The first-order valence-electron chi connectivity index (χ1n) is 7.78. The molecule has 0 saturated carbocycles. The van der Waals surface area contributed by atoms with Gasteiger partial charge in [-0.25, -0.2) is 13.4 Å². The zero-order valence-corrected chi connectivity index (χ0v) is 16.0. The minimum atomic E-state index is -4.40. The summed E-state index contributed by atoms with van der Waals surface area (Å²) in [5.74, 6) is 0. The van der Waals surface area contributed by atoms with Gasteiger partial charge in [0.05, 0.1) is 27.7 Å². The fourth-order valence-corrected chi connectivity index (χ4v) is 3.72. The number of hydrogen-bond acceptors (Lipinski definition) is 5. The third kappa shape index (κ3) is 4.51. The molecule has 0 radical (unpaired) electrons. The van der Waals surface area contributed by atoms with Crippen LogP contribution in [0.15, 0.2) is 42.5 Å². The van der Waals surface area contributed by atoms with Crippen LogP contribution in [0, 0.1) is 0 Å². The van der Waals surface area contributed by atoms with E-state index in [0.29, 0.717) is 27.6 Å². The molecule has 0 aliphatic carbocycles. The van der Waals surface area contributed by atoms with Gasteiger partial charge in [-0.15, -0.1) is 0 Å². The fourth-order valence-electron chi connectivity index (χ4n) is 2.37. The smallest absolute Gasteiger partial charge is 0.357 e. The quantitative estimate of drug-likeness (QED) is 0.674. The summed E-state index contributed by atoms with van der Waals surface area (Å²) in [5, 5.41) is 3.60. The minimum absolute atomic E-state index is 0.294. The highest BCUT2D eigenvalue weighted by atomic mass is 32.2. The zero-order valence-electron chi connectivity index (χ0n) is 14.4. The van der Waals surface area contributed by atoms with Gasteiger partial charge in [0.25, 0.3) is 0 Å². The Kier molecular flexibility index (Phi) is 5.04. The Morgan fingerprint density at radius 1 is 1.15 bits per heavy atom. The van der Waals surface area contributed by atoms with Gasteiger partial charge in [0.2, 0.25) is 10.0 Å². The molecule has 0 atom stereocenters. The number of alkyl halides is 3. The molecule has 0 bridgehead atoms. The summed E-state index contributed by atoms with van der Waals surface area (Å²) in [7, 11) is -1.85. The number of rotatable bonds is 5. The van der Waals surface area contributed by atoms with E-state index in [-0.39, 0.29) is 0 Å². The Balaban J connectivity index is 1.71. The molecule has 1 aromatic heterocycles. The maximum atomic E-state index is 12.8. The van der Waals surface area contributed by atoms with Crippen LogP contribution in [0.3, 0.4) is 0 Å². The van der Waals surface area contributed by atoms with Crippen LogP contribution in [-0.2, 0) is 22.7 Å². The number of thiazole rings is 1. The van der Waals surface area contributed by atoms with Crippen molar-refractivity contribution in [2.75, 3.05) is 22.9 Å². The molecule has 0 amide bonds. The van der Waals surface area contributed by atoms with E-state index in [2.05, 4.69) is 10.3 Å². The van der Waals surface area contributed by atoms with Crippen LogP contribution in [0.4, 0.5) is 24.0 Å². The second-order valence-corrected chi connectivity index (χ2v) is 8.99. The monoisotopic (exact) mass is 415 g/mol. The van der Waals surface area contributed by atoms with Gasteiger partial charge in [-0.2, -0.15) is 13.2 Å². The number of anilines is 2. The lowest BCUT2D eigenvalue weighted by Crippen LogP contribution is -2.24. The van der Waals surface area contributed by atoms with Crippen LogP contribution in [0.2, 0.25) is 0 Å². The van der Waals surface area contributed by atoms with Crippen LogP contribution in [-0.4, -0.2) is 26.7 Å². The molecule has 5 nitrogen and oxygen atoms in total. The summed E-state index contributed by atoms with van der Waals surface area (Å²) >= 11 is 1.27. The Morgan fingerprint density at radius 3 is 2.41 bits per heavy atom. The van der Waals surface area contributed by atoms with E-state index in [9.17, 15) is 21.6 Å². The molecule has 10 heteroatoms. The van der Waals surface area contributed by atoms with Crippen molar-refractivity contribution in [1.29, 1.82) is 0 Å².